The van der Waals surface area contributed by atoms with Crippen molar-refractivity contribution in [1.29, 1.82) is 0 Å². The molecule has 0 spiro atoms. The number of β-amino-alcohol motifs (C(OH)–C–C–N with tert-alkyl or cyclic N) is 1. The lowest BCUT2D eigenvalue weighted by Crippen LogP contribution is -2.72. The van der Waals surface area contributed by atoms with Gasteiger partial charge in [-0.05, 0) is 31.5 Å². The molecule has 4 nitrogen and oxygen atoms in total. The Morgan fingerprint density at radius 3 is 2.59 bits per heavy atom. The van der Waals surface area contributed by atoms with Crippen LogP contribution in [0.2, 0.25) is 0 Å². The summed E-state index contributed by atoms with van der Waals surface area (Å²) in [5.74, 6) is -5.22. The summed E-state index contributed by atoms with van der Waals surface area (Å²) in [5, 5.41) is 13.7. The van der Waals surface area contributed by atoms with Crippen molar-refractivity contribution in [3.8, 4) is 0 Å². The van der Waals surface area contributed by atoms with Crippen molar-refractivity contribution >= 4 is 5.91 Å². The summed E-state index contributed by atoms with van der Waals surface area (Å²) in [7, 11) is 0. The van der Waals surface area contributed by atoms with Crippen molar-refractivity contribution in [1.82, 2.24) is 10.2 Å². The van der Waals surface area contributed by atoms with E-state index in [9.17, 15) is 23.1 Å². The summed E-state index contributed by atoms with van der Waals surface area (Å²) in [6, 6.07) is 1.55. The zero-order valence-corrected chi connectivity index (χ0v) is 11.9. The number of piperidine rings is 1. The minimum atomic E-state index is -1.66. The van der Waals surface area contributed by atoms with Gasteiger partial charge >= 0.3 is 0 Å². The maximum absolute atomic E-state index is 13.6. The average molecular weight is 314 g/mol. The molecule has 1 aromatic rings. The van der Waals surface area contributed by atoms with Gasteiger partial charge < -0.3 is 15.3 Å². The zero-order chi connectivity index (χ0) is 15.9. The molecule has 1 aromatic carbocycles. The van der Waals surface area contributed by atoms with Gasteiger partial charge in [-0.1, -0.05) is 6.42 Å². The third-order valence-corrected chi connectivity index (χ3v) is 4.44. The predicted molar refractivity (Wildman–Crippen MR) is 72.8 cm³/mol. The van der Waals surface area contributed by atoms with Crippen molar-refractivity contribution in [2.75, 3.05) is 19.6 Å². The molecule has 0 bridgehead atoms. The highest BCUT2D eigenvalue weighted by Gasteiger charge is 2.49. The van der Waals surface area contributed by atoms with Crippen molar-refractivity contribution in [2.45, 2.75) is 30.9 Å². The Balaban J connectivity index is 1.70. The lowest BCUT2D eigenvalue weighted by atomic mass is 9.81. The number of amides is 1. The van der Waals surface area contributed by atoms with Crippen LogP contribution in [-0.2, 0) is 0 Å². The molecule has 7 heteroatoms. The summed E-state index contributed by atoms with van der Waals surface area (Å²) >= 11 is 0. The van der Waals surface area contributed by atoms with Gasteiger partial charge in [-0.3, -0.25) is 4.79 Å². The molecule has 0 saturated carbocycles. The van der Waals surface area contributed by atoms with Crippen molar-refractivity contribution in [2.24, 2.45) is 0 Å². The Morgan fingerprint density at radius 2 is 1.95 bits per heavy atom. The summed E-state index contributed by atoms with van der Waals surface area (Å²) in [6.07, 6.45) is 2.87. The van der Waals surface area contributed by atoms with Gasteiger partial charge in [0.1, 0.15) is 5.60 Å². The first kappa shape index (κ1) is 15.3. The number of nitrogens with zero attached hydrogens (tertiary/aromatic N) is 1. The molecule has 2 saturated heterocycles. The molecule has 1 atom stereocenters. The number of hydrogen-bond donors (Lipinski definition) is 2. The molecule has 120 valence electrons. The highest BCUT2D eigenvalue weighted by atomic mass is 19.2. The van der Waals surface area contributed by atoms with E-state index in [4.69, 9.17) is 0 Å². The standard InChI is InChI=1S/C15H17F3N2O2/c16-10-5-4-9(12(17)13(10)18)14(21)20-7-15(22,8-20)11-3-1-2-6-19-11/h4-5,11,19,22H,1-3,6-8H2. The molecule has 2 aliphatic heterocycles. The summed E-state index contributed by atoms with van der Waals surface area (Å²) in [4.78, 5) is 13.4. The van der Waals surface area contributed by atoms with Gasteiger partial charge in [0.25, 0.3) is 5.91 Å². The SMILES string of the molecule is O=C(c1ccc(F)c(F)c1F)N1CC(O)(C2CCCCN2)C1. The Morgan fingerprint density at radius 1 is 1.23 bits per heavy atom. The first-order valence-electron chi connectivity index (χ1n) is 7.31. The van der Waals surface area contributed by atoms with E-state index in [1.54, 1.807) is 0 Å². The predicted octanol–water partition coefficient (Wildman–Crippen LogP) is 1.43. The fourth-order valence-electron chi connectivity index (χ4n) is 3.15. The van der Waals surface area contributed by atoms with Gasteiger partial charge in [0.15, 0.2) is 17.5 Å². The first-order chi connectivity index (χ1) is 10.4. The molecule has 22 heavy (non-hydrogen) atoms. The van der Waals surface area contributed by atoms with Crippen LogP contribution in [0.3, 0.4) is 0 Å². The van der Waals surface area contributed by atoms with Crippen LogP contribution in [0, 0.1) is 17.5 Å². The second-order valence-electron chi connectivity index (χ2n) is 5.99. The van der Waals surface area contributed by atoms with Gasteiger partial charge in [-0.15, -0.1) is 0 Å². The first-order valence-corrected chi connectivity index (χ1v) is 7.31. The fraction of sp³-hybridized carbons (Fsp3) is 0.533. The van der Waals surface area contributed by atoms with Crippen molar-refractivity contribution in [3.63, 3.8) is 0 Å². The van der Waals surface area contributed by atoms with Crippen LogP contribution in [0.4, 0.5) is 13.2 Å². The highest BCUT2D eigenvalue weighted by molar-refractivity contribution is 5.95. The number of halogens is 3. The minimum absolute atomic E-state index is 0.0575. The normalized spacial score (nSPS) is 24.0. The molecule has 2 heterocycles. The van der Waals surface area contributed by atoms with Gasteiger partial charge in [-0.25, -0.2) is 13.2 Å². The molecule has 3 rings (SSSR count). The zero-order valence-electron chi connectivity index (χ0n) is 11.9. The van der Waals surface area contributed by atoms with Gasteiger partial charge in [0.05, 0.1) is 18.7 Å². The van der Waals surface area contributed by atoms with Gasteiger partial charge in [-0.2, -0.15) is 0 Å². The van der Waals surface area contributed by atoms with E-state index in [1.807, 2.05) is 0 Å². The number of aliphatic hydroxyl groups is 1. The monoisotopic (exact) mass is 314 g/mol. The largest absolute Gasteiger partial charge is 0.385 e. The number of nitrogens with one attached hydrogen (secondary N) is 1. The van der Waals surface area contributed by atoms with Gasteiger partial charge in [0.2, 0.25) is 0 Å². The molecular weight excluding hydrogens is 297 g/mol. The van der Waals surface area contributed by atoms with Crippen LogP contribution >= 0.6 is 0 Å². The molecule has 1 unspecified atom stereocenters. The average Bonchev–Trinajstić information content (AvgIpc) is 2.50. The van der Waals surface area contributed by atoms with Crippen LogP contribution in [0.5, 0.6) is 0 Å². The van der Waals surface area contributed by atoms with Crippen LogP contribution in [0.1, 0.15) is 29.6 Å². The van der Waals surface area contributed by atoms with E-state index in [2.05, 4.69) is 5.32 Å². The lowest BCUT2D eigenvalue weighted by molar-refractivity contribution is -0.108. The molecule has 0 aliphatic carbocycles. The number of likely N-dealkylation sites (tertiary alicyclic amines) is 1. The Hall–Kier alpha value is -1.60. The Kier molecular flexibility index (Phi) is 3.86. The highest BCUT2D eigenvalue weighted by Crippen LogP contribution is 2.30. The van der Waals surface area contributed by atoms with Crippen LogP contribution in [0.25, 0.3) is 0 Å². The number of hydrogen-bond acceptors (Lipinski definition) is 3. The van der Waals surface area contributed by atoms with Crippen molar-refractivity contribution in [3.05, 3.63) is 35.1 Å². The topological polar surface area (TPSA) is 52.6 Å². The minimum Gasteiger partial charge on any atom is -0.385 e. The smallest absolute Gasteiger partial charge is 0.257 e. The molecular formula is C15H17F3N2O2. The number of carbonyl (C=O) groups excluding carboxylic acids is 1. The number of benzene rings is 1. The van der Waals surface area contributed by atoms with E-state index < -0.39 is 34.5 Å². The number of rotatable bonds is 2. The molecule has 1 amide bonds. The number of carbonyl (C=O) groups is 1. The van der Waals surface area contributed by atoms with Crippen LogP contribution in [-0.4, -0.2) is 47.2 Å². The summed E-state index contributed by atoms with van der Waals surface area (Å²) in [5.41, 5.74) is -1.55. The maximum atomic E-state index is 13.6. The fourth-order valence-corrected chi connectivity index (χ4v) is 3.15. The van der Waals surface area contributed by atoms with E-state index in [0.29, 0.717) is 0 Å². The van der Waals surface area contributed by atoms with E-state index >= 15 is 0 Å². The Labute approximate surface area is 125 Å². The van der Waals surface area contributed by atoms with E-state index in [1.165, 1.54) is 4.90 Å². The third kappa shape index (κ3) is 2.48. The molecule has 0 aromatic heterocycles. The van der Waals surface area contributed by atoms with Gasteiger partial charge in [0, 0.05) is 6.04 Å². The summed E-state index contributed by atoms with van der Waals surface area (Å²) in [6.45, 7) is 0.933. The second kappa shape index (κ2) is 5.55. The molecule has 2 fully saturated rings. The third-order valence-electron chi connectivity index (χ3n) is 4.44. The molecule has 2 N–H and O–H groups in total. The van der Waals surface area contributed by atoms with Crippen LogP contribution in [0.15, 0.2) is 12.1 Å². The van der Waals surface area contributed by atoms with E-state index in [-0.39, 0.29) is 19.1 Å². The lowest BCUT2D eigenvalue weighted by Gasteiger charge is -2.51. The second-order valence-corrected chi connectivity index (χ2v) is 5.99. The maximum Gasteiger partial charge on any atom is 0.257 e. The quantitative estimate of drug-likeness (QED) is 0.812. The molecule has 2 aliphatic rings. The van der Waals surface area contributed by atoms with Crippen LogP contribution < -0.4 is 5.32 Å². The van der Waals surface area contributed by atoms with Crippen molar-refractivity contribution < 1.29 is 23.1 Å². The Bertz CT molecular complexity index is 597. The summed E-state index contributed by atoms with van der Waals surface area (Å²) < 4.78 is 39.7. The molecule has 0 radical (unpaired) electrons. The van der Waals surface area contributed by atoms with E-state index in [0.717, 1.165) is 37.9 Å².